The van der Waals surface area contributed by atoms with Gasteiger partial charge < -0.3 is 14.4 Å². The van der Waals surface area contributed by atoms with Crippen molar-refractivity contribution >= 4 is 16.9 Å². The number of hydrogen-bond donors (Lipinski definition) is 1. The minimum absolute atomic E-state index is 0.363. The second kappa shape index (κ2) is 6.36. The van der Waals surface area contributed by atoms with E-state index in [1.807, 2.05) is 10.6 Å². The van der Waals surface area contributed by atoms with E-state index in [-0.39, 0.29) is 0 Å². The van der Waals surface area contributed by atoms with E-state index < -0.39 is 5.97 Å². The first kappa shape index (κ1) is 16.1. The van der Waals surface area contributed by atoms with E-state index in [9.17, 15) is 9.90 Å². The van der Waals surface area contributed by atoms with Crippen LogP contribution in [0.15, 0.2) is 18.2 Å². The van der Waals surface area contributed by atoms with Crippen molar-refractivity contribution in [1.29, 1.82) is 0 Å². The molecule has 1 saturated heterocycles. The van der Waals surface area contributed by atoms with Crippen molar-refractivity contribution in [3.63, 3.8) is 0 Å². The van der Waals surface area contributed by atoms with E-state index in [1.165, 1.54) is 11.1 Å². The molecule has 2 heterocycles. The van der Waals surface area contributed by atoms with E-state index in [0.717, 1.165) is 43.5 Å². The Bertz CT molecular complexity index is 724. The molecule has 23 heavy (non-hydrogen) atoms. The van der Waals surface area contributed by atoms with E-state index in [4.69, 9.17) is 4.74 Å². The van der Waals surface area contributed by atoms with E-state index >= 15 is 0 Å². The number of aromatic nitrogens is 1. The molecule has 4 heteroatoms. The number of hydrogen-bond acceptors (Lipinski definition) is 2. The molecule has 1 N–H and O–H groups in total. The van der Waals surface area contributed by atoms with Crippen LogP contribution in [0, 0.1) is 12.8 Å². The molecule has 0 atom stereocenters. The van der Waals surface area contributed by atoms with Gasteiger partial charge in [-0.25, -0.2) is 4.79 Å². The molecule has 1 fully saturated rings. The van der Waals surface area contributed by atoms with Gasteiger partial charge in [0.1, 0.15) is 5.69 Å². The molecule has 1 aromatic carbocycles. The lowest BCUT2D eigenvalue weighted by Gasteiger charge is -2.24. The van der Waals surface area contributed by atoms with Crippen LogP contribution in [0.3, 0.4) is 0 Å². The molecule has 0 amide bonds. The van der Waals surface area contributed by atoms with Crippen LogP contribution >= 0.6 is 0 Å². The molecule has 4 nitrogen and oxygen atoms in total. The summed E-state index contributed by atoms with van der Waals surface area (Å²) in [7, 11) is 0. The van der Waals surface area contributed by atoms with Gasteiger partial charge in [0.05, 0.1) is 5.52 Å². The van der Waals surface area contributed by atoms with Crippen molar-refractivity contribution in [2.45, 2.75) is 46.1 Å². The Balaban J connectivity index is 2.15. The van der Waals surface area contributed by atoms with E-state index in [2.05, 4.69) is 32.9 Å². The predicted octanol–water partition coefficient (Wildman–Crippen LogP) is 4.20. The molecule has 1 aromatic heterocycles. The van der Waals surface area contributed by atoms with Crippen LogP contribution in [0.25, 0.3) is 10.9 Å². The summed E-state index contributed by atoms with van der Waals surface area (Å²) < 4.78 is 7.47. The quantitative estimate of drug-likeness (QED) is 0.920. The van der Waals surface area contributed by atoms with Crippen LogP contribution in [-0.4, -0.2) is 28.9 Å². The highest BCUT2D eigenvalue weighted by atomic mass is 16.5. The molecule has 3 rings (SSSR count). The van der Waals surface area contributed by atoms with Gasteiger partial charge in [-0.2, -0.15) is 0 Å². The number of aryl methyl sites for hydroxylation is 1. The minimum atomic E-state index is -0.847. The Morgan fingerprint density at radius 2 is 2.00 bits per heavy atom. The van der Waals surface area contributed by atoms with Gasteiger partial charge in [0.15, 0.2) is 0 Å². The van der Waals surface area contributed by atoms with Crippen LogP contribution in [0.4, 0.5) is 0 Å². The maximum atomic E-state index is 11.8. The Kier molecular flexibility index (Phi) is 4.44. The molecule has 124 valence electrons. The van der Waals surface area contributed by atoms with Crippen molar-refractivity contribution in [3.05, 3.63) is 35.0 Å². The fraction of sp³-hybridized carbons (Fsp3) is 0.526. The molecule has 1 aliphatic rings. The van der Waals surface area contributed by atoms with E-state index in [0.29, 0.717) is 17.5 Å². The van der Waals surface area contributed by atoms with Crippen LogP contribution in [0.1, 0.15) is 54.2 Å². The Labute approximate surface area is 137 Å². The number of rotatable bonds is 4. The molecule has 0 radical (unpaired) electrons. The largest absolute Gasteiger partial charge is 0.477 e. The average molecular weight is 315 g/mol. The van der Waals surface area contributed by atoms with Crippen LogP contribution in [0.2, 0.25) is 0 Å². The van der Waals surface area contributed by atoms with Crippen molar-refractivity contribution < 1.29 is 14.6 Å². The molecule has 0 unspecified atom stereocenters. The summed E-state index contributed by atoms with van der Waals surface area (Å²) in [6, 6.07) is 6.11. The number of carboxylic acids is 1. The maximum Gasteiger partial charge on any atom is 0.352 e. The monoisotopic (exact) mass is 315 g/mol. The second-order valence-electron chi connectivity index (χ2n) is 6.95. The van der Waals surface area contributed by atoms with Gasteiger partial charge in [0, 0.05) is 25.1 Å². The third kappa shape index (κ3) is 3.13. The zero-order valence-corrected chi connectivity index (χ0v) is 14.1. The normalized spacial score (nSPS) is 16.3. The Hall–Kier alpha value is -1.81. The number of nitrogens with zero attached hydrogens (tertiary/aromatic N) is 1. The van der Waals surface area contributed by atoms with Gasteiger partial charge in [-0.3, -0.25) is 0 Å². The summed E-state index contributed by atoms with van der Waals surface area (Å²) >= 11 is 0. The lowest BCUT2D eigenvalue weighted by Crippen LogP contribution is -2.22. The van der Waals surface area contributed by atoms with Crippen molar-refractivity contribution in [3.8, 4) is 0 Å². The molecule has 0 saturated carbocycles. The first-order chi connectivity index (χ1) is 11.0. The second-order valence-corrected chi connectivity index (χ2v) is 6.95. The van der Waals surface area contributed by atoms with Crippen LogP contribution in [0.5, 0.6) is 0 Å². The number of carboxylic acid groups (broad SMARTS) is 1. The predicted molar refractivity (Wildman–Crippen MR) is 91.3 cm³/mol. The minimum Gasteiger partial charge on any atom is -0.477 e. The molecule has 2 aromatic rings. The fourth-order valence-corrected chi connectivity index (χ4v) is 3.60. The first-order valence-electron chi connectivity index (χ1n) is 8.42. The number of fused-ring (bicyclic) bond motifs is 1. The van der Waals surface area contributed by atoms with Gasteiger partial charge in [-0.05, 0) is 49.3 Å². The number of carbonyl (C=O) groups is 1. The third-order valence-electron chi connectivity index (χ3n) is 4.79. The molecular formula is C19H25NO3. The topological polar surface area (TPSA) is 51.5 Å². The van der Waals surface area contributed by atoms with Gasteiger partial charge in [0.2, 0.25) is 0 Å². The summed E-state index contributed by atoms with van der Waals surface area (Å²) in [4.78, 5) is 11.8. The molecule has 0 bridgehead atoms. The molecular weight excluding hydrogens is 290 g/mol. The fourth-order valence-electron chi connectivity index (χ4n) is 3.60. The van der Waals surface area contributed by atoms with Crippen molar-refractivity contribution in [2.24, 2.45) is 5.92 Å². The number of benzene rings is 1. The van der Waals surface area contributed by atoms with Gasteiger partial charge >= 0.3 is 5.97 Å². The summed E-state index contributed by atoms with van der Waals surface area (Å²) in [5.74, 6) is 0.00164. The van der Waals surface area contributed by atoms with Crippen molar-refractivity contribution in [1.82, 2.24) is 4.57 Å². The van der Waals surface area contributed by atoms with Crippen LogP contribution in [-0.2, 0) is 11.3 Å². The summed E-state index contributed by atoms with van der Waals surface area (Å²) in [5, 5.41) is 10.7. The average Bonchev–Trinajstić information content (AvgIpc) is 2.86. The lowest BCUT2D eigenvalue weighted by atomic mass is 9.97. The standard InChI is InChI=1S/C19H25NO3/c1-12(2)16-9-13(3)8-15-10-17(19(21)22)20(18(15)16)11-14-4-6-23-7-5-14/h8-10,12,14H,4-7,11H2,1-3H3,(H,21,22). The molecule has 0 spiro atoms. The molecule has 0 aliphatic carbocycles. The van der Waals surface area contributed by atoms with E-state index in [1.54, 1.807) is 0 Å². The van der Waals surface area contributed by atoms with Gasteiger partial charge in [-0.1, -0.05) is 25.5 Å². The maximum absolute atomic E-state index is 11.8. The number of aromatic carboxylic acids is 1. The SMILES string of the molecule is Cc1cc(C(C)C)c2c(c1)cc(C(=O)O)n2CC1CCOCC1. The Morgan fingerprint density at radius 3 is 2.61 bits per heavy atom. The van der Waals surface area contributed by atoms with Crippen LogP contribution < -0.4 is 0 Å². The van der Waals surface area contributed by atoms with Crippen molar-refractivity contribution in [2.75, 3.05) is 13.2 Å². The summed E-state index contributed by atoms with van der Waals surface area (Å²) in [6.45, 7) is 8.73. The highest BCUT2D eigenvalue weighted by Crippen LogP contribution is 2.32. The summed E-state index contributed by atoms with van der Waals surface area (Å²) in [5.41, 5.74) is 3.91. The zero-order valence-electron chi connectivity index (χ0n) is 14.1. The zero-order chi connectivity index (χ0) is 16.6. The summed E-state index contributed by atoms with van der Waals surface area (Å²) in [6.07, 6.45) is 2.00. The third-order valence-corrected chi connectivity index (χ3v) is 4.79. The van der Waals surface area contributed by atoms with Gasteiger partial charge in [-0.15, -0.1) is 0 Å². The smallest absolute Gasteiger partial charge is 0.352 e. The highest BCUT2D eigenvalue weighted by molar-refractivity contribution is 5.96. The lowest BCUT2D eigenvalue weighted by molar-refractivity contribution is 0.0597. The van der Waals surface area contributed by atoms with Gasteiger partial charge in [0.25, 0.3) is 0 Å². The highest BCUT2D eigenvalue weighted by Gasteiger charge is 2.22. The molecule has 1 aliphatic heterocycles. The first-order valence-corrected chi connectivity index (χ1v) is 8.42. The number of ether oxygens (including phenoxy) is 1. The Morgan fingerprint density at radius 1 is 1.30 bits per heavy atom.